The summed E-state index contributed by atoms with van der Waals surface area (Å²) in [5.41, 5.74) is 13.9. The lowest BCUT2D eigenvalue weighted by atomic mass is 9.92. The maximum atomic E-state index is 2.48. The average Bonchev–Trinajstić information content (AvgIpc) is 3.70. The molecule has 0 bridgehead atoms. The Balaban J connectivity index is 1.23. The van der Waals surface area contributed by atoms with Gasteiger partial charge in [0.15, 0.2) is 0 Å². The van der Waals surface area contributed by atoms with E-state index in [1.165, 1.54) is 82.7 Å². The van der Waals surface area contributed by atoms with Gasteiger partial charge in [-0.2, -0.15) is 4.58 Å². The molecule has 0 unspecified atom stereocenters. The van der Waals surface area contributed by atoms with Crippen LogP contribution in [-0.2, 0) is 19.6 Å². The summed E-state index contributed by atoms with van der Waals surface area (Å²) in [6.07, 6.45) is 0. The Kier molecular flexibility index (Phi) is 8.25. The quantitative estimate of drug-likeness (QED) is 0.139. The molecule has 3 nitrogen and oxygen atoms in total. The molecule has 52 heavy (non-hydrogen) atoms. The summed E-state index contributed by atoms with van der Waals surface area (Å²) in [5.74, 6) is 0. The Bertz CT molecular complexity index is 2650. The first-order chi connectivity index (χ1) is 25.7. The fourth-order valence-corrected chi connectivity index (χ4v) is 8.28. The molecule has 1 aromatic heterocycles. The Labute approximate surface area is 305 Å². The van der Waals surface area contributed by atoms with Gasteiger partial charge < -0.3 is 9.47 Å². The molecule has 0 radical (unpaired) electrons. The summed E-state index contributed by atoms with van der Waals surface area (Å²) in [4.78, 5) is 2.48. The van der Waals surface area contributed by atoms with Gasteiger partial charge in [0.25, 0.3) is 0 Å². The van der Waals surface area contributed by atoms with Crippen molar-refractivity contribution in [3.63, 3.8) is 0 Å². The molecule has 0 amide bonds. The van der Waals surface area contributed by atoms with Gasteiger partial charge in [-0.25, -0.2) is 0 Å². The number of aryl methyl sites for hydroxylation is 1. The highest BCUT2D eigenvalue weighted by atomic mass is 15.1. The van der Waals surface area contributed by atoms with Crippen molar-refractivity contribution in [2.75, 3.05) is 11.4 Å². The third kappa shape index (κ3) is 5.59. The van der Waals surface area contributed by atoms with Crippen molar-refractivity contribution in [3.8, 4) is 11.1 Å². The SMILES string of the molecule is CCn1c2ccccc2c2cc(C(c3ccc(N(Cc4ccccc4)Cc4ccccc4)cc3)=c3ccc4c(c3)-c3ccccc3[N+]=4CC)ccc21. The van der Waals surface area contributed by atoms with E-state index in [4.69, 9.17) is 0 Å². The zero-order valence-corrected chi connectivity index (χ0v) is 29.8. The predicted molar refractivity (Wildman–Crippen MR) is 219 cm³/mol. The Morgan fingerprint density at radius 3 is 1.88 bits per heavy atom. The summed E-state index contributed by atoms with van der Waals surface area (Å²) in [7, 11) is 0. The van der Waals surface area contributed by atoms with Crippen LogP contribution in [0.3, 0.4) is 0 Å². The summed E-state index contributed by atoms with van der Waals surface area (Å²) < 4.78 is 4.87. The lowest BCUT2D eigenvalue weighted by molar-refractivity contribution is 0.788. The van der Waals surface area contributed by atoms with E-state index in [0.717, 1.165) is 26.2 Å². The van der Waals surface area contributed by atoms with Gasteiger partial charge >= 0.3 is 0 Å². The van der Waals surface area contributed by atoms with Crippen molar-refractivity contribution in [1.29, 1.82) is 0 Å². The number of anilines is 1. The van der Waals surface area contributed by atoms with Gasteiger partial charge in [-0.15, -0.1) is 0 Å². The summed E-state index contributed by atoms with van der Waals surface area (Å²) in [6.45, 7) is 8.01. The zero-order chi connectivity index (χ0) is 35.0. The van der Waals surface area contributed by atoms with Crippen LogP contribution in [0.4, 0.5) is 11.4 Å². The van der Waals surface area contributed by atoms with Crippen molar-refractivity contribution in [2.45, 2.75) is 33.5 Å². The topological polar surface area (TPSA) is 11.2 Å². The monoisotopic (exact) mass is 672 g/mol. The van der Waals surface area contributed by atoms with E-state index in [0.29, 0.717) is 0 Å². The van der Waals surface area contributed by atoms with Gasteiger partial charge in [-0.1, -0.05) is 109 Å². The largest absolute Gasteiger partial charge is 0.363 e. The fourth-order valence-electron chi connectivity index (χ4n) is 8.28. The summed E-state index contributed by atoms with van der Waals surface area (Å²) in [5, 5.41) is 5.10. The normalized spacial score (nSPS) is 12.6. The number of rotatable bonds is 9. The van der Waals surface area contributed by atoms with E-state index in [1.54, 1.807) is 0 Å². The predicted octanol–water partition coefficient (Wildman–Crippen LogP) is 10.1. The first-order valence-electron chi connectivity index (χ1n) is 18.5. The first-order valence-corrected chi connectivity index (χ1v) is 18.5. The number of hydrogen-bond donors (Lipinski definition) is 0. The second-order valence-corrected chi connectivity index (χ2v) is 13.7. The highest BCUT2D eigenvalue weighted by molar-refractivity contribution is 6.09. The van der Waals surface area contributed by atoms with Gasteiger partial charge in [0.05, 0.1) is 11.1 Å². The van der Waals surface area contributed by atoms with Crippen LogP contribution in [0.15, 0.2) is 170 Å². The molecule has 2 heterocycles. The molecule has 1 aliphatic rings. The first kappa shape index (κ1) is 31.8. The second-order valence-electron chi connectivity index (χ2n) is 13.7. The molecule has 9 rings (SSSR count). The van der Waals surface area contributed by atoms with Gasteiger partial charge in [0, 0.05) is 59.3 Å². The highest BCUT2D eigenvalue weighted by Gasteiger charge is 2.26. The van der Waals surface area contributed by atoms with Crippen LogP contribution in [0, 0.1) is 0 Å². The molecule has 0 saturated heterocycles. The third-order valence-electron chi connectivity index (χ3n) is 10.7. The minimum absolute atomic E-state index is 0.835. The van der Waals surface area contributed by atoms with Crippen LogP contribution in [0.5, 0.6) is 0 Å². The molecule has 1 aliphatic heterocycles. The smallest absolute Gasteiger partial charge is 0.213 e. The molecule has 0 atom stereocenters. The molecule has 0 N–H and O–H groups in total. The van der Waals surface area contributed by atoms with E-state index >= 15 is 0 Å². The van der Waals surface area contributed by atoms with E-state index in [-0.39, 0.29) is 0 Å². The van der Waals surface area contributed by atoms with Crippen molar-refractivity contribution < 1.29 is 0 Å². The second kappa shape index (κ2) is 13.5. The number of aromatic nitrogens is 1. The Morgan fingerprint density at radius 1 is 0.538 bits per heavy atom. The Morgan fingerprint density at radius 2 is 1.17 bits per heavy atom. The van der Waals surface area contributed by atoms with Crippen molar-refractivity contribution in [3.05, 3.63) is 203 Å². The summed E-state index contributed by atoms with van der Waals surface area (Å²) >= 11 is 0. The molecule has 252 valence electrons. The van der Waals surface area contributed by atoms with Gasteiger partial charge in [-0.05, 0) is 95.4 Å². The fraction of sp³-hybridized carbons (Fsp3) is 0.122. The average molecular weight is 673 g/mol. The molecular formula is C49H42N3+. The standard InChI is InChI=1S/C49H42N3/c1-3-51-45-21-13-11-19-41(45)43-31-38(25-29-47(43)51)49(39-26-30-48-44(32-39)42-20-12-14-22-46(42)52(48)4-2)37-23-27-40(28-24-37)50(33-35-15-7-5-8-16-35)34-36-17-9-6-10-18-36/h5-32H,3-4,33-34H2,1-2H3/q+1. The number of benzene rings is 7. The molecule has 8 aromatic rings. The van der Waals surface area contributed by atoms with E-state index in [9.17, 15) is 0 Å². The maximum Gasteiger partial charge on any atom is 0.213 e. The number of fused-ring (bicyclic) bond motifs is 6. The molecule has 0 saturated carbocycles. The van der Waals surface area contributed by atoms with Crippen LogP contribution >= 0.6 is 0 Å². The van der Waals surface area contributed by atoms with Gasteiger partial charge in [0.2, 0.25) is 11.0 Å². The van der Waals surface area contributed by atoms with E-state index < -0.39 is 0 Å². The van der Waals surface area contributed by atoms with Crippen LogP contribution < -0.4 is 20.1 Å². The maximum absolute atomic E-state index is 2.48. The van der Waals surface area contributed by atoms with Crippen LogP contribution in [0.2, 0.25) is 0 Å². The molecular weight excluding hydrogens is 631 g/mol. The minimum atomic E-state index is 0.835. The minimum Gasteiger partial charge on any atom is -0.363 e. The van der Waals surface area contributed by atoms with Crippen molar-refractivity contribution in [2.24, 2.45) is 0 Å². The van der Waals surface area contributed by atoms with Crippen LogP contribution in [0.25, 0.3) is 38.5 Å². The van der Waals surface area contributed by atoms with Gasteiger partial charge in [0.1, 0.15) is 6.54 Å². The number of nitrogens with zero attached hydrogens (tertiary/aromatic N) is 3. The molecule has 0 aliphatic carbocycles. The molecule has 3 heteroatoms. The zero-order valence-electron chi connectivity index (χ0n) is 29.8. The lowest BCUT2D eigenvalue weighted by Crippen LogP contribution is -2.24. The van der Waals surface area contributed by atoms with Crippen molar-refractivity contribution >= 4 is 38.8 Å². The third-order valence-corrected chi connectivity index (χ3v) is 10.7. The van der Waals surface area contributed by atoms with Gasteiger partial charge in [-0.3, -0.25) is 0 Å². The lowest BCUT2D eigenvalue weighted by Gasteiger charge is -2.26. The summed E-state index contributed by atoms with van der Waals surface area (Å²) in [6, 6.07) is 62.6. The highest BCUT2D eigenvalue weighted by Crippen LogP contribution is 2.34. The van der Waals surface area contributed by atoms with E-state index in [2.05, 4.69) is 198 Å². The van der Waals surface area contributed by atoms with Crippen LogP contribution in [-0.4, -0.2) is 11.1 Å². The number of para-hydroxylation sites is 2. The molecule has 0 spiro atoms. The Hall–Kier alpha value is -6.19. The molecule has 0 fully saturated rings. The van der Waals surface area contributed by atoms with Crippen LogP contribution in [0.1, 0.15) is 36.1 Å². The molecule has 7 aromatic carbocycles. The number of hydrogen-bond acceptors (Lipinski definition) is 1. The van der Waals surface area contributed by atoms with Crippen molar-refractivity contribution in [1.82, 2.24) is 9.14 Å². The van der Waals surface area contributed by atoms with E-state index in [1.807, 2.05) is 0 Å².